The fraction of sp³-hybridized carbons (Fsp3) is 0.600. The summed E-state index contributed by atoms with van der Waals surface area (Å²) in [5.74, 6) is 1.42. The SMILES string of the molecule is C[C@@H](c1nc(C(C)(C)C)no1)N(C)Cc1ccccc1N1CCOCC1. The fourth-order valence-corrected chi connectivity index (χ4v) is 3.06. The average Bonchev–Trinajstić information content (AvgIpc) is 3.13. The molecule has 6 nitrogen and oxygen atoms in total. The van der Waals surface area contributed by atoms with E-state index in [0.717, 1.165) is 38.7 Å². The first-order chi connectivity index (χ1) is 12.4. The van der Waals surface area contributed by atoms with E-state index in [1.54, 1.807) is 0 Å². The van der Waals surface area contributed by atoms with Crippen LogP contribution < -0.4 is 4.90 Å². The summed E-state index contributed by atoms with van der Waals surface area (Å²) in [5.41, 5.74) is 2.48. The minimum absolute atomic E-state index is 0.0522. The largest absolute Gasteiger partial charge is 0.378 e. The second-order valence-electron chi connectivity index (χ2n) is 8.03. The Morgan fingerprint density at radius 2 is 1.88 bits per heavy atom. The summed E-state index contributed by atoms with van der Waals surface area (Å²) in [6.45, 7) is 12.7. The number of benzene rings is 1. The summed E-state index contributed by atoms with van der Waals surface area (Å²) < 4.78 is 11.0. The quantitative estimate of drug-likeness (QED) is 0.816. The Bertz CT molecular complexity index is 717. The molecule has 1 aliphatic heterocycles. The zero-order valence-corrected chi connectivity index (χ0v) is 16.5. The number of hydrogen-bond donors (Lipinski definition) is 0. The molecule has 1 aromatic carbocycles. The van der Waals surface area contributed by atoms with E-state index in [2.05, 4.69) is 78.9 Å². The van der Waals surface area contributed by atoms with Crippen LogP contribution in [0.25, 0.3) is 0 Å². The predicted molar refractivity (Wildman–Crippen MR) is 102 cm³/mol. The molecule has 1 fully saturated rings. The molecule has 1 atom stereocenters. The van der Waals surface area contributed by atoms with Crippen LogP contribution in [-0.2, 0) is 16.7 Å². The number of aromatic nitrogens is 2. The van der Waals surface area contributed by atoms with Crippen molar-refractivity contribution in [2.75, 3.05) is 38.3 Å². The normalized spacial score (nSPS) is 16.9. The number of ether oxygens (including phenoxy) is 1. The second kappa shape index (κ2) is 7.76. The lowest BCUT2D eigenvalue weighted by atomic mass is 9.96. The van der Waals surface area contributed by atoms with E-state index in [9.17, 15) is 0 Å². The molecular weight excluding hydrogens is 328 g/mol. The van der Waals surface area contributed by atoms with Gasteiger partial charge in [0.2, 0.25) is 5.89 Å². The summed E-state index contributed by atoms with van der Waals surface area (Å²) in [4.78, 5) is 9.26. The van der Waals surface area contributed by atoms with Crippen molar-refractivity contribution in [2.45, 2.75) is 45.7 Å². The topological polar surface area (TPSA) is 54.6 Å². The molecule has 6 heteroatoms. The average molecular weight is 358 g/mol. The molecule has 0 bridgehead atoms. The first kappa shape index (κ1) is 18.9. The summed E-state index contributed by atoms with van der Waals surface area (Å²) in [6, 6.07) is 8.65. The lowest BCUT2D eigenvalue weighted by Crippen LogP contribution is -2.37. The Morgan fingerprint density at radius 3 is 2.54 bits per heavy atom. The van der Waals surface area contributed by atoms with Crippen LogP contribution in [0.4, 0.5) is 5.69 Å². The van der Waals surface area contributed by atoms with Gasteiger partial charge in [-0.25, -0.2) is 0 Å². The van der Waals surface area contributed by atoms with Gasteiger partial charge in [-0.15, -0.1) is 0 Å². The van der Waals surface area contributed by atoms with Crippen LogP contribution >= 0.6 is 0 Å². The van der Waals surface area contributed by atoms with Gasteiger partial charge in [-0.3, -0.25) is 4.90 Å². The van der Waals surface area contributed by atoms with Gasteiger partial charge >= 0.3 is 0 Å². The number of anilines is 1. The van der Waals surface area contributed by atoms with Crippen LogP contribution in [0.5, 0.6) is 0 Å². The van der Waals surface area contributed by atoms with Crippen molar-refractivity contribution in [3.05, 3.63) is 41.5 Å². The number of hydrogen-bond acceptors (Lipinski definition) is 6. The molecule has 0 spiro atoms. The highest BCUT2D eigenvalue weighted by Crippen LogP contribution is 2.27. The van der Waals surface area contributed by atoms with E-state index in [1.165, 1.54) is 11.3 Å². The molecule has 26 heavy (non-hydrogen) atoms. The van der Waals surface area contributed by atoms with Gasteiger partial charge < -0.3 is 14.2 Å². The van der Waals surface area contributed by atoms with E-state index in [0.29, 0.717) is 5.89 Å². The first-order valence-electron chi connectivity index (χ1n) is 9.31. The highest BCUT2D eigenvalue weighted by Gasteiger charge is 2.25. The third kappa shape index (κ3) is 4.24. The predicted octanol–water partition coefficient (Wildman–Crippen LogP) is 3.40. The minimum atomic E-state index is -0.108. The van der Waals surface area contributed by atoms with Gasteiger partial charge in [-0.1, -0.05) is 44.1 Å². The number of nitrogens with zero attached hydrogens (tertiary/aromatic N) is 4. The Labute approximate surface area is 156 Å². The Kier molecular flexibility index (Phi) is 5.63. The molecule has 2 aromatic rings. The van der Waals surface area contributed by atoms with Crippen LogP contribution in [-0.4, -0.2) is 48.4 Å². The van der Waals surface area contributed by atoms with Gasteiger partial charge in [0, 0.05) is 30.7 Å². The smallest absolute Gasteiger partial charge is 0.243 e. The summed E-state index contributed by atoms with van der Waals surface area (Å²) in [5, 5.41) is 4.15. The molecule has 0 unspecified atom stereocenters. The van der Waals surface area contributed by atoms with Crippen molar-refractivity contribution in [1.29, 1.82) is 0 Å². The molecule has 1 saturated heterocycles. The lowest BCUT2D eigenvalue weighted by molar-refractivity contribution is 0.122. The highest BCUT2D eigenvalue weighted by atomic mass is 16.5. The van der Waals surface area contributed by atoms with E-state index >= 15 is 0 Å². The van der Waals surface area contributed by atoms with Gasteiger partial charge in [0.1, 0.15) is 0 Å². The van der Waals surface area contributed by atoms with Crippen molar-refractivity contribution in [3.63, 3.8) is 0 Å². The van der Waals surface area contributed by atoms with Crippen molar-refractivity contribution >= 4 is 5.69 Å². The number of morpholine rings is 1. The standard InChI is InChI=1S/C20H30N4O2/c1-15(18-21-19(22-26-18)20(2,3)4)23(5)14-16-8-6-7-9-17(16)24-10-12-25-13-11-24/h6-9,15H,10-14H2,1-5H3/t15-/m0/s1. The fourth-order valence-electron chi connectivity index (χ4n) is 3.06. The van der Waals surface area contributed by atoms with E-state index < -0.39 is 0 Å². The van der Waals surface area contributed by atoms with Gasteiger partial charge in [0.15, 0.2) is 5.82 Å². The van der Waals surface area contributed by atoms with Gasteiger partial charge in [0.25, 0.3) is 0 Å². The molecule has 0 radical (unpaired) electrons. The van der Waals surface area contributed by atoms with Crippen LogP contribution in [0.2, 0.25) is 0 Å². The zero-order chi connectivity index (χ0) is 18.7. The zero-order valence-electron chi connectivity index (χ0n) is 16.5. The first-order valence-corrected chi connectivity index (χ1v) is 9.31. The van der Waals surface area contributed by atoms with Crippen LogP contribution in [0, 0.1) is 0 Å². The number of rotatable bonds is 5. The van der Waals surface area contributed by atoms with Crippen LogP contribution in [0.1, 0.15) is 51.0 Å². The Balaban J connectivity index is 1.73. The van der Waals surface area contributed by atoms with Gasteiger partial charge in [-0.2, -0.15) is 4.98 Å². The minimum Gasteiger partial charge on any atom is -0.378 e. The third-order valence-electron chi connectivity index (χ3n) is 4.89. The highest BCUT2D eigenvalue weighted by molar-refractivity contribution is 5.53. The van der Waals surface area contributed by atoms with Crippen LogP contribution in [0.15, 0.2) is 28.8 Å². The maximum atomic E-state index is 5.53. The molecule has 0 amide bonds. The van der Waals surface area contributed by atoms with Crippen molar-refractivity contribution < 1.29 is 9.26 Å². The van der Waals surface area contributed by atoms with Gasteiger partial charge in [-0.05, 0) is 25.6 Å². The molecule has 142 valence electrons. The van der Waals surface area contributed by atoms with Crippen molar-refractivity contribution in [2.24, 2.45) is 0 Å². The Morgan fingerprint density at radius 1 is 1.19 bits per heavy atom. The van der Waals surface area contributed by atoms with Crippen molar-refractivity contribution in [1.82, 2.24) is 15.0 Å². The Hall–Kier alpha value is -1.92. The van der Waals surface area contributed by atoms with E-state index in [-0.39, 0.29) is 11.5 Å². The molecule has 1 aliphatic rings. The second-order valence-corrected chi connectivity index (χ2v) is 8.03. The molecule has 3 rings (SSSR count). The molecule has 2 heterocycles. The monoisotopic (exact) mass is 358 g/mol. The molecule has 0 aliphatic carbocycles. The lowest BCUT2D eigenvalue weighted by Gasteiger charge is -2.32. The van der Waals surface area contributed by atoms with Gasteiger partial charge in [0.05, 0.1) is 19.3 Å². The summed E-state index contributed by atoms with van der Waals surface area (Å²) in [7, 11) is 2.10. The van der Waals surface area contributed by atoms with E-state index in [4.69, 9.17) is 9.26 Å². The van der Waals surface area contributed by atoms with Crippen molar-refractivity contribution in [3.8, 4) is 0 Å². The summed E-state index contributed by atoms with van der Waals surface area (Å²) in [6.07, 6.45) is 0. The molecule has 1 aromatic heterocycles. The molecule has 0 saturated carbocycles. The van der Waals surface area contributed by atoms with Crippen LogP contribution in [0.3, 0.4) is 0 Å². The maximum Gasteiger partial charge on any atom is 0.243 e. The molecular formula is C20H30N4O2. The maximum absolute atomic E-state index is 5.53. The molecule has 0 N–H and O–H groups in total. The third-order valence-corrected chi connectivity index (χ3v) is 4.89. The number of para-hydroxylation sites is 1. The summed E-state index contributed by atoms with van der Waals surface area (Å²) >= 11 is 0. The van der Waals surface area contributed by atoms with E-state index in [1.807, 2.05) is 0 Å².